The van der Waals surface area contributed by atoms with Gasteiger partial charge in [0.2, 0.25) is 0 Å². The molecule has 0 atom stereocenters. The van der Waals surface area contributed by atoms with Crippen LogP contribution >= 0.6 is 28.3 Å². The number of rotatable bonds is 8. The quantitative estimate of drug-likeness (QED) is 0.435. The molecule has 3 aromatic rings. The summed E-state index contributed by atoms with van der Waals surface area (Å²) in [5.41, 5.74) is 4.74. The monoisotopic (exact) mass is 475 g/mol. The van der Waals surface area contributed by atoms with E-state index < -0.39 is 5.97 Å². The highest BCUT2D eigenvalue weighted by Crippen LogP contribution is 2.24. The van der Waals surface area contributed by atoms with Crippen LogP contribution in [-0.4, -0.2) is 11.1 Å². The second-order valence-electron chi connectivity index (χ2n) is 6.63. The summed E-state index contributed by atoms with van der Waals surface area (Å²) in [4.78, 5) is 10.9. The van der Waals surface area contributed by atoms with E-state index >= 15 is 0 Å². The van der Waals surface area contributed by atoms with Gasteiger partial charge in [-0.3, -0.25) is 0 Å². The Hall–Kier alpha value is -2.34. The average molecular weight is 477 g/mol. The summed E-state index contributed by atoms with van der Waals surface area (Å²) < 4.78 is 7.03. The molecule has 152 valence electrons. The lowest BCUT2D eigenvalue weighted by atomic mass is 10.1. The zero-order valence-corrected chi connectivity index (χ0v) is 18.4. The normalized spacial score (nSPS) is 10.3. The van der Waals surface area contributed by atoms with E-state index in [1.807, 2.05) is 30.3 Å². The minimum absolute atomic E-state index is 0. The summed E-state index contributed by atoms with van der Waals surface area (Å²) in [7, 11) is 0. The first kappa shape index (κ1) is 22.9. The Bertz CT molecular complexity index is 943. The number of hydrogen-bond acceptors (Lipinski definition) is 3. The van der Waals surface area contributed by atoms with Crippen LogP contribution in [0.2, 0.25) is 0 Å². The number of carboxylic acid groups (broad SMARTS) is 1. The van der Waals surface area contributed by atoms with E-state index in [9.17, 15) is 4.79 Å². The molecule has 0 heterocycles. The Kier molecular flexibility index (Phi) is 8.70. The molecule has 2 N–H and O–H groups in total. The van der Waals surface area contributed by atoms with E-state index in [1.165, 1.54) is 5.56 Å². The predicted octanol–water partition coefficient (Wildman–Crippen LogP) is 5.75. The Morgan fingerprint density at radius 1 is 0.966 bits per heavy atom. The van der Waals surface area contributed by atoms with Gasteiger partial charge in [-0.15, -0.1) is 12.4 Å². The molecule has 3 rings (SSSR count). The molecule has 0 aliphatic heterocycles. The van der Waals surface area contributed by atoms with E-state index in [2.05, 4.69) is 52.4 Å². The number of hydrogen-bond donors (Lipinski definition) is 2. The van der Waals surface area contributed by atoms with Gasteiger partial charge in [-0.25, -0.2) is 4.79 Å². The van der Waals surface area contributed by atoms with Gasteiger partial charge in [-0.2, -0.15) is 0 Å². The maximum absolute atomic E-state index is 10.9. The molecule has 0 spiro atoms. The third kappa shape index (κ3) is 6.89. The molecule has 0 fully saturated rings. The van der Waals surface area contributed by atoms with Crippen molar-refractivity contribution in [2.75, 3.05) is 0 Å². The van der Waals surface area contributed by atoms with Crippen LogP contribution in [0.4, 0.5) is 0 Å². The molecule has 0 amide bonds. The fourth-order valence-electron chi connectivity index (χ4n) is 2.78. The number of aryl methyl sites for hydroxylation is 1. The van der Waals surface area contributed by atoms with E-state index in [0.717, 1.165) is 26.9 Å². The first-order valence-electron chi connectivity index (χ1n) is 9.01. The molecule has 3 aromatic carbocycles. The van der Waals surface area contributed by atoms with Gasteiger partial charge >= 0.3 is 5.97 Å². The summed E-state index contributed by atoms with van der Waals surface area (Å²) in [6.07, 6.45) is 0. The second kappa shape index (κ2) is 11.0. The SMILES string of the molecule is Cc1ccc(COc2ccc(Br)cc2CNCc2ccc(C(=O)O)cc2)cc1.Cl. The number of halogens is 2. The van der Waals surface area contributed by atoms with Gasteiger partial charge in [0, 0.05) is 23.1 Å². The summed E-state index contributed by atoms with van der Waals surface area (Å²) in [6.45, 7) is 3.87. The molecule has 0 aromatic heterocycles. The lowest BCUT2D eigenvalue weighted by Crippen LogP contribution is -2.14. The van der Waals surface area contributed by atoms with Crippen molar-refractivity contribution in [2.45, 2.75) is 26.6 Å². The van der Waals surface area contributed by atoms with Gasteiger partial charge < -0.3 is 15.2 Å². The lowest BCUT2D eigenvalue weighted by molar-refractivity contribution is 0.0697. The van der Waals surface area contributed by atoms with Crippen LogP contribution in [0.3, 0.4) is 0 Å². The fourth-order valence-corrected chi connectivity index (χ4v) is 3.19. The summed E-state index contributed by atoms with van der Waals surface area (Å²) in [6, 6.07) is 21.2. The molecule has 6 heteroatoms. The van der Waals surface area contributed by atoms with Crippen molar-refractivity contribution in [2.24, 2.45) is 0 Å². The Balaban J connectivity index is 0.00000300. The van der Waals surface area contributed by atoms with Gasteiger partial charge in [0.15, 0.2) is 0 Å². The second-order valence-corrected chi connectivity index (χ2v) is 7.55. The number of carbonyl (C=O) groups is 1. The highest BCUT2D eigenvalue weighted by molar-refractivity contribution is 9.10. The largest absolute Gasteiger partial charge is 0.489 e. The third-order valence-corrected chi connectivity index (χ3v) is 4.88. The van der Waals surface area contributed by atoms with Gasteiger partial charge in [0.25, 0.3) is 0 Å². The van der Waals surface area contributed by atoms with Gasteiger partial charge in [-0.05, 0) is 48.4 Å². The van der Waals surface area contributed by atoms with Gasteiger partial charge in [0.05, 0.1) is 5.56 Å². The minimum Gasteiger partial charge on any atom is -0.489 e. The van der Waals surface area contributed by atoms with Crippen molar-refractivity contribution in [3.63, 3.8) is 0 Å². The smallest absolute Gasteiger partial charge is 0.335 e. The maximum Gasteiger partial charge on any atom is 0.335 e. The molecule has 4 nitrogen and oxygen atoms in total. The first-order chi connectivity index (χ1) is 13.5. The number of nitrogens with one attached hydrogen (secondary N) is 1. The van der Waals surface area contributed by atoms with Crippen LogP contribution in [0.5, 0.6) is 5.75 Å². The average Bonchev–Trinajstić information content (AvgIpc) is 2.69. The summed E-state index contributed by atoms with van der Waals surface area (Å²) in [5.74, 6) is -0.0680. The standard InChI is InChI=1S/C23H22BrNO3.ClH/c1-16-2-4-18(5-3-16)15-28-22-11-10-21(24)12-20(22)14-25-13-17-6-8-19(9-7-17)23(26)27;/h2-12,25H,13-15H2,1H3,(H,26,27);1H. The third-order valence-electron chi connectivity index (χ3n) is 4.38. The molecule has 0 aliphatic rings. The maximum atomic E-state index is 10.9. The first-order valence-corrected chi connectivity index (χ1v) is 9.80. The number of ether oxygens (including phenoxy) is 1. The number of carboxylic acids is 1. The van der Waals surface area contributed by atoms with Crippen LogP contribution in [0.15, 0.2) is 71.2 Å². The van der Waals surface area contributed by atoms with Crippen molar-refractivity contribution < 1.29 is 14.6 Å². The van der Waals surface area contributed by atoms with E-state index in [1.54, 1.807) is 12.1 Å². The summed E-state index contributed by atoms with van der Waals surface area (Å²) in [5, 5.41) is 12.4. The molecule has 0 radical (unpaired) electrons. The zero-order chi connectivity index (χ0) is 19.9. The van der Waals surface area contributed by atoms with Crippen LogP contribution in [0, 0.1) is 6.92 Å². The van der Waals surface area contributed by atoms with Crippen LogP contribution in [-0.2, 0) is 19.7 Å². The molecule has 0 aliphatic carbocycles. The Labute approximate surface area is 185 Å². The highest BCUT2D eigenvalue weighted by atomic mass is 79.9. The van der Waals surface area contributed by atoms with Crippen molar-refractivity contribution in [3.8, 4) is 5.75 Å². The Morgan fingerprint density at radius 2 is 1.62 bits per heavy atom. The van der Waals surface area contributed by atoms with E-state index in [4.69, 9.17) is 9.84 Å². The molecular weight excluding hydrogens is 454 g/mol. The molecule has 0 bridgehead atoms. The lowest BCUT2D eigenvalue weighted by Gasteiger charge is -2.13. The van der Waals surface area contributed by atoms with Crippen molar-refractivity contribution >= 4 is 34.3 Å². The molecule has 0 unspecified atom stereocenters. The van der Waals surface area contributed by atoms with Crippen LogP contribution in [0.1, 0.15) is 32.6 Å². The fraction of sp³-hybridized carbons (Fsp3) is 0.174. The topological polar surface area (TPSA) is 58.6 Å². The van der Waals surface area contributed by atoms with Crippen molar-refractivity contribution in [3.05, 3.63) is 99.0 Å². The predicted molar refractivity (Wildman–Crippen MR) is 121 cm³/mol. The molecular formula is C23H23BrClNO3. The highest BCUT2D eigenvalue weighted by Gasteiger charge is 2.06. The summed E-state index contributed by atoms with van der Waals surface area (Å²) >= 11 is 3.52. The van der Waals surface area contributed by atoms with E-state index in [0.29, 0.717) is 25.3 Å². The zero-order valence-electron chi connectivity index (χ0n) is 16.0. The van der Waals surface area contributed by atoms with Gasteiger partial charge in [0.1, 0.15) is 12.4 Å². The van der Waals surface area contributed by atoms with Crippen molar-refractivity contribution in [1.29, 1.82) is 0 Å². The van der Waals surface area contributed by atoms with Crippen LogP contribution in [0.25, 0.3) is 0 Å². The minimum atomic E-state index is -0.913. The van der Waals surface area contributed by atoms with E-state index in [-0.39, 0.29) is 12.4 Å². The number of aromatic carboxylic acids is 1. The molecule has 29 heavy (non-hydrogen) atoms. The van der Waals surface area contributed by atoms with Crippen molar-refractivity contribution in [1.82, 2.24) is 5.32 Å². The molecule has 0 saturated carbocycles. The van der Waals surface area contributed by atoms with Crippen LogP contribution < -0.4 is 10.1 Å². The molecule has 0 saturated heterocycles. The van der Waals surface area contributed by atoms with Gasteiger partial charge in [-0.1, -0.05) is 57.9 Å². The Morgan fingerprint density at radius 3 is 2.28 bits per heavy atom. The number of benzene rings is 3.